The minimum absolute atomic E-state index is 0.167. The maximum Gasteiger partial charge on any atom is 0.224 e. The van der Waals surface area contributed by atoms with Crippen molar-refractivity contribution in [3.05, 3.63) is 36.0 Å². The van der Waals surface area contributed by atoms with Gasteiger partial charge in [0.15, 0.2) is 0 Å². The molecule has 2 N–H and O–H groups in total. The quantitative estimate of drug-likeness (QED) is 0.795. The molecule has 1 aromatic heterocycles. The first-order valence-corrected chi connectivity index (χ1v) is 8.83. The fourth-order valence-corrected chi connectivity index (χ4v) is 2.76. The van der Waals surface area contributed by atoms with Gasteiger partial charge in [-0.2, -0.15) is 4.98 Å². The highest BCUT2D eigenvalue weighted by Crippen LogP contribution is 2.21. The van der Waals surface area contributed by atoms with Crippen molar-refractivity contribution >= 4 is 17.5 Å². The van der Waals surface area contributed by atoms with Gasteiger partial charge in [0.1, 0.15) is 11.6 Å². The highest BCUT2D eigenvalue weighted by molar-refractivity contribution is 5.58. The van der Waals surface area contributed by atoms with E-state index in [1.807, 2.05) is 51.1 Å². The van der Waals surface area contributed by atoms with Crippen LogP contribution < -0.4 is 15.4 Å². The zero-order chi connectivity index (χ0) is 17.6. The highest BCUT2D eigenvalue weighted by atomic mass is 16.5. The molecule has 0 aliphatic carbocycles. The summed E-state index contributed by atoms with van der Waals surface area (Å²) in [4.78, 5) is 8.99. The molecule has 1 fully saturated rings. The van der Waals surface area contributed by atoms with Gasteiger partial charge in [-0.1, -0.05) is 0 Å². The van der Waals surface area contributed by atoms with E-state index in [4.69, 9.17) is 9.47 Å². The third-order valence-corrected chi connectivity index (χ3v) is 3.86. The van der Waals surface area contributed by atoms with Crippen LogP contribution in [0, 0.1) is 6.92 Å². The van der Waals surface area contributed by atoms with Gasteiger partial charge in [-0.15, -0.1) is 0 Å². The Morgan fingerprint density at radius 3 is 2.72 bits per heavy atom. The molecule has 25 heavy (non-hydrogen) atoms. The van der Waals surface area contributed by atoms with Crippen molar-refractivity contribution in [1.82, 2.24) is 9.97 Å². The number of hydrogen-bond acceptors (Lipinski definition) is 6. The van der Waals surface area contributed by atoms with Crippen LogP contribution in [-0.4, -0.2) is 35.3 Å². The molecule has 134 valence electrons. The van der Waals surface area contributed by atoms with Crippen molar-refractivity contribution in [3.8, 4) is 5.75 Å². The lowest BCUT2D eigenvalue weighted by atomic mass is 10.2. The van der Waals surface area contributed by atoms with Crippen LogP contribution >= 0.6 is 0 Å². The molecular weight excluding hydrogens is 316 g/mol. The van der Waals surface area contributed by atoms with Gasteiger partial charge in [0.05, 0.1) is 12.2 Å². The normalized spacial score (nSPS) is 16.9. The van der Waals surface area contributed by atoms with Crippen LogP contribution in [0.15, 0.2) is 30.3 Å². The SMILES string of the molecule is Cc1cc(Nc2ccc(OC(C)C)cc2)nc(NCC2CCCO2)n1. The van der Waals surface area contributed by atoms with Gasteiger partial charge in [0.25, 0.3) is 0 Å². The van der Waals surface area contributed by atoms with E-state index in [1.54, 1.807) is 0 Å². The maximum atomic E-state index is 5.66. The molecule has 1 unspecified atom stereocenters. The Labute approximate surface area is 149 Å². The van der Waals surface area contributed by atoms with Crippen molar-refractivity contribution in [3.63, 3.8) is 0 Å². The lowest BCUT2D eigenvalue weighted by Crippen LogP contribution is -2.20. The minimum Gasteiger partial charge on any atom is -0.491 e. The molecule has 3 rings (SSSR count). The summed E-state index contributed by atoms with van der Waals surface area (Å²) in [6.45, 7) is 7.58. The molecule has 1 aromatic carbocycles. The van der Waals surface area contributed by atoms with E-state index in [0.29, 0.717) is 5.95 Å². The number of nitrogens with zero attached hydrogens (tertiary/aromatic N) is 2. The van der Waals surface area contributed by atoms with Gasteiger partial charge in [-0.05, 0) is 57.9 Å². The Morgan fingerprint density at radius 2 is 2.04 bits per heavy atom. The average molecular weight is 342 g/mol. The van der Waals surface area contributed by atoms with Crippen LogP contribution in [0.25, 0.3) is 0 Å². The standard InChI is InChI=1S/C19H26N4O2/c1-13(2)25-16-8-6-15(7-9-16)22-18-11-14(3)21-19(23-18)20-12-17-5-4-10-24-17/h6-9,11,13,17H,4-5,10,12H2,1-3H3,(H2,20,21,22,23). The van der Waals surface area contributed by atoms with Crippen LogP contribution in [-0.2, 0) is 4.74 Å². The Balaban J connectivity index is 1.63. The number of anilines is 3. The van der Waals surface area contributed by atoms with E-state index in [0.717, 1.165) is 48.9 Å². The molecule has 1 saturated heterocycles. The summed E-state index contributed by atoms with van der Waals surface area (Å²) in [6, 6.07) is 9.79. The van der Waals surface area contributed by atoms with Crippen LogP contribution in [0.4, 0.5) is 17.5 Å². The predicted molar refractivity (Wildman–Crippen MR) is 99.7 cm³/mol. The van der Waals surface area contributed by atoms with Crippen molar-refractivity contribution in [2.45, 2.75) is 45.8 Å². The third-order valence-electron chi connectivity index (χ3n) is 3.86. The number of aryl methyl sites for hydroxylation is 1. The smallest absolute Gasteiger partial charge is 0.224 e. The minimum atomic E-state index is 0.167. The monoisotopic (exact) mass is 342 g/mol. The van der Waals surface area contributed by atoms with Crippen molar-refractivity contribution in [1.29, 1.82) is 0 Å². The molecule has 0 amide bonds. The fraction of sp³-hybridized carbons (Fsp3) is 0.474. The van der Waals surface area contributed by atoms with Crippen LogP contribution in [0.5, 0.6) is 5.75 Å². The van der Waals surface area contributed by atoms with E-state index in [-0.39, 0.29) is 12.2 Å². The Kier molecular flexibility index (Phi) is 5.71. The van der Waals surface area contributed by atoms with Gasteiger partial charge in [-0.25, -0.2) is 4.98 Å². The predicted octanol–water partition coefficient (Wildman–Crippen LogP) is 3.91. The average Bonchev–Trinajstić information content (AvgIpc) is 3.07. The molecule has 0 bridgehead atoms. The molecule has 6 heteroatoms. The summed E-state index contributed by atoms with van der Waals surface area (Å²) in [6.07, 6.45) is 2.65. The molecule has 1 aliphatic rings. The third kappa shape index (κ3) is 5.32. The van der Waals surface area contributed by atoms with Gasteiger partial charge in [0, 0.05) is 30.6 Å². The van der Waals surface area contributed by atoms with E-state index < -0.39 is 0 Å². The number of ether oxygens (including phenoxy) is 2. The fourth-order valence-electron chi connectivity index (χ4n) is 2.76. The van der Waals surface area contributed by atoms with Gasteiger partial charge < -0.3 is 20.1 Å². The second kappa shape index (κ2) is 8.16. The van der Waals surface area contributed by atoms with Crippen LogP contribution in [0.2, 0.25) is 0 Å². The molecule has 1 atom stereocenters. The Hall–Kier alpha value is -2.34. The van der Waals surface area contributed by atoms with Crippen molar-refractivity contribution < 1.29 is 9.47 Å². The lowest BCUT2D eigenvalue weighted by Gasteiger charge is -2.13. The zero-order valence-electron chi connectivity index (χ0n) is 15.1. The van der Waals surface area contributed by atoms with Gasteiger partial charge in [-0.3, -0.25) is 0 Å². The second-order valence-corrected chi connectivity index (χ2v) is 6.55. The molecule has 6 nitrogen and oxygen atoms in total. The second-order valence-electron chi connectivity index (χ2n) is 6.55. The molecular formula is C19H26N4O2. The van der Waals surface area contributed by atoms with Gasteiger partial charge >= 0.3 is 0 Å². The highest BCUT2D eigenvalue weighted by Gasteiger charge is 2.15. The lowest BCUT2D eigenvalue weighted by molar-refractivity contribution is 0.120. The van der Waals surface area contributed by atoms with Crippen molar-refractivity contribution in [2.24, 2.45) is 0 Å². The number of nitrogens with one attached hydrogen (secondary N) is 2. The number of rotatable bonds is 7. The molecule has 2 aromatic rings. The molecule has 0 spiro atoms. The number of aromatic nitrogens is 2. The Bertz CT molecular complexity index is 682. The summed E-state index contributed by atoms with van der Waals surface area (Å²) in [5, 5.41) is 6.59. The topological polar surface area (TPSA) is 68.3 Å². The van der Waals surface area contributed by atoms with Crippen LogP contribution in [0.1, 0.15) is 32.4 Å². The maximum absolute atomic E-state index is 5.66. The summed E-state index contributed by atoms with van der Waals surface area (Å²) < 4.78 is 11.3. The van der Waals surface area contributed by atoms with E-state index in [9.17, 15) is 0 Å². The summed E-state index contributed by atoms with van der Waals surface area (Å²) >= 11 is 0. The van der Waals surface area contributed by atoms with Crippen LogP contribution in [0.3, 0.4) is 0 Å². The van der Waals surface area contributed by atoms with E-state index in [2.05, 4.69) is 20.6 Å². The summed E-state index contributed by atoms with van der Waals surface area (Å²) in [5.41, 5.74) is 1.87. The first kappa shape index (κ1) is 17.5. The number of hydrogen-bond donors (Lipinski definition) is 2. The van der Waals surface area contributed by atoms with E-state index >= 15 is 0 Å². The molecule has 2 heterocycles. The molecule has 0 radical (unpaired) electrons. The first-order chi connectivity index (χ1) is 12.1. The summed E-state index contributed by atoms with van der Waals surface area (Å²) in [5.74, 6) is 2.25. The van der Waals surface area contributed by atoms with Gasteiger partial charge in [0.2, 0.25) is 5.95 Å². The first-order valence-electron chi connectivity index (χ1n) is 8.83. The molecule has 1 aliphatic heterocycles. The zero-order valence-corrected chi connectivity index (χ0v) is 15.1. The summed E-state index contributed by atoms with van der Waals surface area (Å²) in [7, 11) is 0. The number of benzene rings is 1. The van der Waals surface area contributed by atoms with E-state index in [1.165, 1.54) is 0 Å². The van der Waals surface area contributed by atoms with Crippen molar-refractivity contribution in [2.75, 3.05) is 23.8 Å². The molecule has 0 saturated carbocycles. The Morgan fingerprint density at radius 1 is 1.24 bits per heavy atom. The largest absolute Gasteiger partial charge is 0.491 e.